The van der Waals surface area contributed by atoms with Crippen LogP contribution in [0, 0.1) is 5.82 Å². The average molecular weight is 505 g/mol. The van der Waals surface area contributed by atoms with E-state index in [1.165, 1.54) is 18.9 Å². The van der Waals surface area contributed by atoms with E-state index in [0.717, 1.165) is 58.4 Å². The lowest BCUT2D eigenvalue weighted by atomic mass is 10.2. The van der Waals surface area contributed by atoms with Crippen LogP contribution in [-0.4, -0.2) is 88.4 Å². The Kier molecular flexibility index (Phi) is 9.73. The summed E-state index contributed by atoms with van der Waals surface area (Å²) in [6.07, 6.45) is 2.46. The molecule has 0 amide bonds. The Labute approximate surface area is 185 Å². The van der Waals surface area contributed by atoms with Crippen molar-refractivity contribution < 1.29 is 9.13 Å². The van der Waals surface area contributed by atoms with Gasteiger partial charge in [0.05, 0.1) is 12.3 Å². The zero-order valence-electron chi connectivity index (χ0n) is 16.9. The second kappa shape index (κ2) is 11.8. The van der Waals surface area contributed by atoms with Gasteiger partial charge in [-0.25, -0.2) is 4.39 Å². The minimum atomic E-state index is -0.147. The fourth-order valence-corrected chi connectivity index (χ4v) is 4.04. The molecule has 8 heteroatoms. The first-order valence-electron chi connectivity index (χ1n) is 9.91. The molecule has 0 aliphatic carbocycles. The number of para-hydroxylation sites is 1. The van der Waals surface area contributed by atoms with E-state index >= 15 is 0 Å². The van der Waals surface area contributed by atoms with E-state index in [2.05, 4.69) is 25.0 Å². The van der Waals surface area contributed by atoms with Crippen LogP contribution in [0.4, 0.5) is 10.1 Å². The van der Waals surface area contributed by atoms with Gasteiger partial charge in [0.1, 0.15) is 5.82 Å². The van der Waals surface area contributed by atoms with Gasteiger partial charge in [0.25, 0.3) is 0 Å². The Morgan fingerprint density at radius 1 is 1.21 bits per heavy atom. The number of nitrogens with zero attached hydrogens (tertiary/aromatic N) is 4. The Hall–Kier alpha value is -1.13. The number of halogens is 2. The SMILES string of the molecule is CN=C(NCC1CCCN1CCOC)N1CCN(c2ccccc2F)CC1.I. The predicted molar refractivity (Wildman–Crippen MR) is 123 cm³/mol. The number of benzene rings is 1. The second-order valence-corrected chi connectivity index (χ2v) is 7.18. The molecule has 28 heavy (non-hydrogen) atoms. The third-order valence-corrected chi connectivity index (χ3v) is 5.56. The monoisotopic (exact) mass is 505 g/mol. The molecule has 2 aliphatic heterocycles. The van der Waals surface area contributed by atoms with Gasteiger partial charge in [-0.1, -0.05) is 12.1 Å². The summed E-state index contributed by atoms with van der Waals surface area (Å²) in [6.45, 7) is 7.10. The molecule has 0 radical (unpaired) electrons. The van der Waals surface area contributed by atoms with Crippen LogP contribution in [0.25, 0.3) is 0 Å². The molecule has 2 saturated heterocycles. The maximum Gasteiger partial charge on any atom is 0.193 e. The second-order valence-electron chi connectivity index (χ2n) is 7.18. The normalized spacial score (nSPS) is 21.0. The zero-order chi connectivity index (χ0) is 19.1. The molecule has 0 aromatic heterocycles. The molecule has 6 nitrogen and oxygen atoms in total. The predicted octanol–water partition coefficient (Wildman–Crippen LogP) is 2.25. The Morgan fingerprint density at radius 3 is 2.64 bits per heavy atom. The maximum atomic E-state index is 14.0. The quantitative estimate of drug-likeness (QED) is 0.365. The summed E-state index contributed by atoms with van der Waals surface area (Å²) in [6, 6.07) is 7.55. The number of likely N-dealkylation sites (tertiary alicyclic amines) is 1. The first kappa shape index (κ1) is 23.2. The average Bonchev–Trinajstić information content (AvgIpc) is 3.15. The number of nitrogens with one attached hydrogen (secondary N) is 1. The van der Waals surface area contributed by atoms with Crippen molar-refractivity contribution in [3.05, 3.63) is 30.1 Å². The van der Waals surface area contributed by atoms with Crippen molar-refractivity contribution >= 4 is 35.6 Å². The van der Waals surface area contributed by atoms with E-state index in [0.29, 0.717) is 11.7 Å². The number of methoxy groups -OCH3 is 1. The first-order chi connectivity index (χ1) is 13.2. The molecule has 1 aromatic rings. The van der Waals surface area contributed by atoms with Crippen LogP contribution in [0.3, 0.4) is 0 Å². The van der Waals surface area contributed by atoms with Crippen molar-refractivity contribution in [2.24, 2.45) is 4.99 Å². The minimum Gasteiger partial charge on any atom is -0.383 e. The van der Waals surface area contributed by atoms with Gasteiger partial charge in [-0.3, -0.25) is 9.89 Å². The highest BCUT2D eigenvalue weighted by Crippen LogP contribution is 2.20. The molecule has 2 fully saturated rings. The third kappa shape index (κ3) is 5.93. The van der Waals surface area contributed by atoms with Gasteiger partial charge >= 0.3 is 0 Å². The van der Waals surface area contributed by atoms with Crippen molar-refractivity contribution in [1.82, 2.24) is 15.1 Å². The fourth-order valence-electron chi connectivity index (χ4n) is 4.04. The van der Waals surface area contributed by atoms with Crippen molar-refractivity contribution in [3.63, 3.8) is 0 Å². The highest BCUT2D eigenvalue weighted by molar-refractivity contribution is 14.0. The molecule has 1 N–H and O–H groups in total. The summed E-state index contributed by atoms with van der Waals surface area (Å²) >= 11 is 0. The molecular formula is C20H33FIN5O. The highest BCUT2D eigenvalue weighted by atomic mass is 127. The molecule has 3 rings (SSSR count). The number of rotatable bonds is 6. The van der Waals surface area contributed by atoms with Gasteiger partial charge in [-0.15, -0.1) is 24.0 Å². The lowest BCUT2D eigenvalue weighted by Gasteiger charge is -2.38. The number of guanidine groups is 1. The van der Waals surface area contributed by atoms with Crippen LogP contribution in [0.2, 0.25) is 0 Å². The lowest BCUT2D eigenvalue weighted by molar-refractivity contribution is 0.141. The number of hydrogen-bond acceptors (Lipinski definition) is 4. The van der Waals surface area contributed by atoms with Gasteiger partial charge in [0, 0.05) is 59.5 Å². The molecule has 0 saturated carbocycles. The number of anilines is 1. The van der Waals surface area contributed by atoms with Gasteiger partial charge in [-0.2, -0.15) is 0 Å². The molecule has 2 aliphatic rings. The van der Waals surface area contributed by atoms with Crippen LogP contribution >= 0.6 is 24.0 Å². The Balaban J connectivity index is 0.00000280. The summed E-state index contributed by atoms with van der Waals surface area (Å²) in [5, 5.41) is 3.55. The van der Waals surface area contributed by atoms with E-state index in [1.54, 1.807) is 13.2 Å². The van der Waals surface area contributed by atoms with E-state index in [9.17, 15) is 4.39 Å². The van der Waals surface area contributed by atoms with Crippen molar-refractivity contribution in [2.45, 2.75) is 18.9 Å². The summed E-state index contributed by atoms with van der Waals surface area (Å²) in [5.41, 5.74) is 0.694. The number of ether oxygens (including phenoxy) is 1. The van der Waals surface area contributed by atoms with Gasteiger partial charge in [-0.05, 0) is 31.5 Å². The van der Waals surface area contributed by atoms with Crippen LogP contribution < -0.4 is 10.2 Å². The maximum absolute atomic E-state index is 14.0. The molecular weight excluding hydrogens is 472 g/mol. The summed E-state index contributed by atoms with van der Waals surface area (Å²) < 4.78 is 19.2. The van der Waals surface area contributed by atoms with Crippen LogP contribution in [0.15, 0.2) is 29.3 Å². The Morgan fingerprint density at radius 2 is 1.96 bits per heavy atom. The van der Waals surface area contributed by atoms with Crippen LogP contribution in [0.1, 0.15) is 12.8 Å². The molecule has 1 unspecified atom stereocenters. The molecule has 0 spiro atoms. The minimum absolute atomic E-state index is 0. The summed E-state index contributed by atoms with van der Waals surface area (Å²) in [5.74, 6) is 0.799. The summed E-state index contributed by atoms with van der Waals surface area (Å²) in [7, 11) is 3.59. The molecule has 1 aromatic carbocycles. The van der Waals surface area contributed by atoms with Gasteiger partial charge in [0.15, 0.2) is 5.96 Å². The first-order valence-corrected chi connectivity index (χ1v) is 9.91. The molecule has 0 bridgehead atoms. The van der Waals surface area contributed by atoms with Crippen LogP contribution in [0.5, 0.6) is 0 Å². The fraction of sp³-hybridized carbons (Fsp3) is 0.650. The van der Waals surface area contributed by atoms with Gasteiger partial charge in [0.2, 0.25) is 0 Å². The van der Waals surface area contributed by atoms with E-state index in [4.69, 9.17) is 4.74 Å². The van der Waals surface area contributed by atoms with Crippen molar-refractivity contribution in [1.29, 1.82) is 0 Å². The van der Waals surface area contributed by atoms with Crippen molar-refractivity contribution in [3.8, 4) is 0 Å². The molecule has 158 valence electrons. The van der Waals surface area contributed by atoms with Crippen molar-refractivity contribution in [2.75, 3.05) is 71.5 Å². The third-order valence-electron chi connectivity index (χ3n) is 5.56. The lowest BCUT2D eigenvalue weighted by Crippen LogP contribution is -2.54. The van der Waals surface area contributed by atoms with E-state index < -0.39 is 0 Å². The summed E-state index contributed by atoms with van der Waals surface area (Å²) in [4.78, 5) is 11.4. The number of aliphatic imine (C=N–C) groups is 1. The number of hydrogen-bond donors (Lipinski definition) is 1. The standard InChI is InChI=1S/C20H32FN5O.HI/c1-22-20(23-16-17-6-5-9-24(17)14-15-27-2)26-12-10-25(11-13-26)19-8-4-3-7-18(19)21;/h3-4,7-8,17H,5-6,9-16H2,1-2H3,(H,22,23);1H. The smallest absolute Gasteiger partial charge is 0.193 e. The van der Waals surface area contributed by atoms with Gasteiger partial charge < -0.3 is 19.9 Å². The van der Waals surface area contributed by atoms with Crippen LogP contribution in [-0.2, 0) is 4.74 Å². The Bertz CT molecular complexity index is 624. The molecule has 1 atom stereocenters. The van der Waals surface area contributed by atoms with E-state index in [1.807, 2.05) is 19.2 Å². The topological polar surface area (TPSA) is 43.3 Å². The largest absolute Gasteiger partial charge is 0.383 e. The van der Waals surface area contributed by atoms with E-state index in [-0.39, 0.29) is 29.8 Å². The molecule has 2 heterocycles. The zero-order valence-corrected chi connectivity index (χ0v) is 19.3. The number of piperazine rings is 1. The highest BCUT2D eigenvalue weighted by Gasteiger charge is 2.26.